The summed E-state index contributed by atoms with van der Waals surface area (Å²) in [5.74, 6) is 0. The van der Waals surface area contributed by atoms with Crippen molar-refractivity contribution in [3.63, 3.8) is 0 Å². The summed E-state index contributed by atoms with van der Waals surface area (Å²) in [6.07, 6.45) is 0. The predicted molar refractivity (Wildman–Crippen MR) is 19.3 cm³/mol. The van der Waals surface area contributed by atoms with E-state index >= 15 is 0 Å². The van der Waals surface area contributed by atoms with Crippen LogP contribution in [0.3, 0.4) is 0 Å². The average Bonchev–Trinajstić information content (AvgIpc) is 0.722. The van der Waals surface area contributed by atoms with E-state index in [-0.39, 0.29) is 83.3 Å². The topological polar surface area (TPSA) is 0 Å². The van der Waals surface area contributed by atoms with Crippen LogP contribution in [0.2, 0.25) is 0 Å². The zero-order valence-corrected chi connectivity index (χ0v) is 10.1. The monoisotopic (exact) mass is 232 g/mol. The van der Waals surface area contributed by atoms with Crippen molar-refractivity contribution in [1.29, 1.82) is 0 Å². The van der Waals surface area contributed by atoms with Crippen LogP contribution in [0.4, 0.5) is 17.3 Å². The van der Waals surface area contributed by atoms with E-state index in [4.69, 9.17) is 0 Å². The fraction of sp³-hybridized carbons (Fsp3) is 0. The van der Waals surface area contributed by atoms with Crippen molar-refractivity contribution in [2.24, 2.45) is 0 Å². The molecule has 0 aliphatic heterocycles. The fourth-order valence-electron chi connectivity index (χ4n) is 0. The van der Waals surface area contributed by atoms with E-state index in [1.807, 2.05) is 0 Å². The van der Waals surface area contributed by atoms with Crippen LogP contribution in [-0.2, 0) is 0 Å². The first kappa shape index (κ1) is 16.0. The van der Waals surface area contributed by atoms with Crippen LogP contribution >= 0.6 is 0 Å². The van der Waals surface area contributed by atoms with Gasteiger partial charge in [0.15, 0.2) is 0 Å². The van der Waals surface area contributed by atoms with Gasteiger partial charge in [-0.15, -0.1) is 0 Å². The van der Waals surface area contributed by atoms with Gasteiger partial charge >= 0.3 is 86.3 Å². The third kappa shape index (κ3) is 71.8. The molecule has 0 saturated carbocycles. The molecule has 0 radical (unpaired) electrons. The van der Waals surface area contributed by atoms with Gasteiger partial charge in [-0.1, -0.05) is 0 Å². The molecule has 0 heterocycles. The maximum Gasteiger partial charge on any atom is 2.00 e. The van der Waals surface area contributed by atoms with Crippen LogP contribution in [0.1, 0.15) is 4.28 Å². The maximum atomic E-state index is 9.75. The molecule has 0 aromatic heterocycles. The molecular formula is H3BBeCsF4-. The van der Waals surface area contributed by atoms with Crippen LogP contribution in [0, 0.1) is 0 Å². The van der Waals surface area contributed by atoms with E-state index in [0.717, 1.165) is 0 Å². The van der Waals surface area contributed by atoms with Crippen molar-refractivity contribution in [1.82, 2.24) is 0 Å². The van der Waals surface area contributed by atoms with Crippen molar-refractivity contribution in [2.45, 2.75) is 0 Å². The second-order valence-electron chi connectivity index (χ2n) is 0.495. The molecule has 0 fully saturated rings. The first-order valence-electron chi connectivity index (χ1n) is 0.873. The van der Waals surface area contributed by atoms with Gasteiger partial charge in [-0.05, 0) is 0 Å². The van der Waals surface area contributed by atoms with Crippen LogP contribution in [-0.4, -0.2) is 17.4 Å². The number of hydrogen-bond donors (Lipinski definition) is 0. The predicted octanol–water partition coefficient (Wildman–Crippen LogP) is -1.74. The summed E-state index contributed by atoms with van der Waals surface area (Å²) in [6.45, 7) is 0. The summed E-state index contributed by atoms with van der Waals surface area (Å²) in [5, 5.41) is 0. The van der Waals surface area contributed by atoms with E-state index in [0.29, 0.717) is 0 Å². The van der Waals surface area contributed by atoms with E-state index < -0.39 is 7.25 Å². The quantitative estimate of drug-likeness (QED) is 0.343. The van der Waals surface area contributed by atoms with Crippen LogP contribution < -0.4 is 68.9 Å². The first-order chi connectivity index (χ1) is 2.00. The van der Waals surface area contributed by atoms with Gasteiger partial charge in [0.1, 0.15) is 0 Å². The Balaban J connectivity index is -0.00000000800. The van der Waals surface area contributed by atoms with Gasteiger partial charge in [0.05, 0.1) is 0 Å². The van der Waals surface area contributed by atoms with Crippen LogP contribution in [0.5, 0.6) is 0 Å². The van der Waals surface area contributed by atoms with Crippen molar-refractivity contribution in [2.75, 3.05) is 0 Å². The Morgan fingerprint density at radius 3 is 1.00 bits per heavy atom. The van der Waals surface area contributed by atoms with Crippen molar-refractivity contribution < 1.29 is 90.4 Å². The van der Waals surface area contributed by atoms with Gasteiger partial charge in [0.2, 0.25) is 0 Å². The number of rotatable bonds is 0. The minimum absolute atomic E-state index is 0. The van der Waals surface area contributed by atoms with Gasteiger partial charge in [0.25, 0.3) is 0 Å². The standard InChI is InChI=1S/BF4.Be.Cs.3H/c2-1(3,4)5;;;;;/q-1;+2;+1;3*-1. The van der Waals surface area contributed by atoms with Crippen molar-refractivity contribution >= 4 is 17.4 Å². The Kier molecular flexibility index (Phi) is 14.0. The minimum Gasteiger partial charge on any atom is -1.00 e. The Morgan fingerprint density at radius 2 is 1.00 bits per heavy atom. The largest absolute Gasteiger partial charge is 2.00 e. The van der Waals surface area contributed by atoms with Crippen LogP contribution in [0.25, 0.3) is 0 Å². The molecule has 0 aromatic rings. The molecular weight excluding hydrogens is 229 g/mol. The number of hydrogen-bond acceptors (Lipinski definition) is 0. The molecule has 0 N–H and O–H groups in total. The van der Waals surface area contributed by atoms with Gasteiger partial charge < -0.3 is 21.5 Å². The summed E-state index contributed by atoms with van der Waals surface area (Å²) in [4.78, 5) is 0. The Bertz CT molecular complexity index is 36.0. The molecule has 0 rings (SSSR count). The van der Waals surface area contributed by atoms with Crippen molar-refractivity contribution in [3.8, 4) is 0 Å². The molecule has 0 bridgehead atoms. The van der Waals surface area contributed by atoms with Gasteiger partial charge in [-0.3, -0.25) is 0 Å². The molecule has 38 valence electrons. The van der Waals surface area contributed by atoms with E-state index in [1.165, 1.54) is 0 Å². The molecule has 7 heteroatoms. The Morgan fingerprint density at radius 1 is 1.00 bits per heavy atom. The Labute approximate surface area is 106 Å². The zero-order chi connectivity index (χ0) is 4.50. The second kappa shape index (κ2) is 6.13. The third-order valence-electron chi connectivity index (χ3n) is 0. The van der Waals surface area contributed by atoms with Gasteiger partial charge in [-0.25, -0.2) is 0 Å². The van der Waals surface area contributed by atoms with Gasteiger partial charge in [0, 0.05) is 0 Å². The molecule has 0 aliphatic carbocycles. The molecule has 7 heavy (non-hydrogen) atoms. The first-order valence-corrected chi connectivity index (χ1v) is 0.873. The zero-order valence-electron chi connectivity index (χ0n) is 6.80. The minimum atomic E-state index is -6.00. The van der Waals surface area contributed by atoms with Crippen molar-refractivity contribution in [3.05, 3.63) is 0 Å². The van der Waals surface area contributed by atoms with Gasteiger partial charge in [-0.2, -0.15) is 0 Å². The molecule has 0 spiro atoms. The van der Waals surface area contributed by atoms with Crippen LogP contribution in [0.15, 0.2) is 0 Å². The second-order valence-corrected chi connectivity index (χ2v) is 0.495. The summed E-state index contributed by atoms with van der Waals surface area (Å²) in [7, 11) is -6.00. The molecule has 0 saturated heterocycles. The number of halogens is 4. The third-order valence-corrected chi connectivity index (χ3v) is 0. The van der Waals surface area contributed by atoms with E-state index in [9.17, 15) is 17.3 Å². The maximum absolute atomic E-state index is 9.75. The molecule has 0 amide bonds. The average molecular weight is 232 g/mol. The smallest absolute Gasteiger partial charge is 1.00 e. The molecule has 0 unspecified atom stereocenters. The molecule has 0 aromatic carbocycles. The Hall–Kier alpha value is 2.01. The van der Waals surface area contributed by atoms with E-state index in [1.54, 1.807) is 0 Å². The summed E-state index contributed by atoms with van der Waals surface area (Å²) >= 11 is 0. The molecule has 0 nitrogen and oxygen atoms in total. The van der Waals surface area contributed by atoms with E-state index in [2.05, 4.69) is 0 Å². The normalized spacial score (nSPS) is 8.57. The summed E-state index contributed by atoms with van der Waals surface area (Å²) in [6, 6.07) is 0. The molecule has 0 atom stereocenters. The fourth-order valence-corrected chi connectivity index (χ4v) is 0. The molecule has 0 aliphatic rings. The summed E-state index contributed by atoms with van der Waals surface area (Å²) in [5.41, 5.74) is 0. The summed E-state index contributed by atoms with van der Waals surface area (Å²) < 4.78 is 39.0. The SMILES string of the molecule is F[B-](F)(F)F.[Be+2].[Cs+].[H-].[H-].[H-].